The lowest BCUT2D eigenvalue weighted by molar-refractivity contribution is -0.385. The van der Waals surface area contributed by atoms with E-state index >= 15 is 0 Å². The van der Waals surface area contributed by atoms with E-state index in [9.17, 15) is 14.9 Å². The summed E-state index contributed by atoms with van der Waals surface area (Å²) in [6, 6.07) is 2.13. The first-order valence-electron chi connectivity index (χ1n) is 3.91. The molecule has 0 fully saturated rings. The van der Waals surface area contributed by atoms with E-state index in [0.717, 1.165) is 12.1 Å². The minimum absolute atomic E-state index is 0.0600. The number of rotatable bonds is 2. The number of ether oxygens (including phenoxy) is 2. The van der Waals surface area contributed by atoms with Gasteiger partial charge in [0.15, 0.2) is 11.5 Å². The highest BCUT2D eigenvalue weighted by Gasteiger charge is 2.26. The van der Waals surface area contributed by atoms with Gasteiger partial charge >= 0.3 is 5.97 Å². The molecule has 1 aliphatic heterocycles. The van der Waals surface area contributed by atoms with Crippen LogP contribution in [0.3, 0.4) is 0 Å². The van der Waals surface area contributed by atoms with Gasteiger partial charge in [0.1, 0.15) is 5.56 Å². The number of aromatic carboxylic acids is 1. The number of hydrogen-bond donors (Lipinski definition) is 1. The Labute approximate surface area is 83.0 Å². The average Bonchev–Trinajstić information content (AvgIpc) is 2.61. The average molecular weight is 211 g/mol. The minimum atomic E-state index is -1.38. The van der Waals surface area contributed by atoms with Crippen molar-refractivity contribution in [2.24, 2.45) is 0 Å². The van der Waals surface area contributed by atoms with Crippen LogP contribution in [-0.2, 0) is 0 Å². The number of fused-ring (bicyclic) bond motifs is 1. The van der Waals surface area contributed by atoms with Crippen LogP contribution in [0.1, 0.15) is 10.4 Å². The van der Waals surface area contributed by atoms with Gasteiger partial charge < -0.3 is 14.6 Å². The van der Waals surface area contributed by atoms with Crippen molar-refractivity contribution in [3.8, 4) is 11.5 Å². The second kappa shape index (κ2) is 3.12. The molecule has 0 saturated heterocycles. The Balaban J connectivity index is 2.62. The normalized spacial score (nSPS) is 12.5. The van der Waals surface area contributed by atoms with Crippen LogP contribution in [0.4, 0.5) is 5.69 Å². The quantitative estimate of drug-likeness (QED) is 0.579. The third kappa shape index (κ3) is 1.43. The lowest BCUT2D eigenvalue weighted by Gasteiger charge is -2.00. The topological polar surface area (TPSA) is 98.9 Å². The van der Waals surface area contributed by atoms with Crippen molar-refractivity contribution in [2.45, 2.75) is 0 Å². The molecular formula is C8H5NO6. The Hall–Kier alpha value is -2.31. The van der Waals surface area contributed by atoms with Gasteiger partial charge in [-0.3, -0.25) is 10.1 Å². The predicted molar refractivity (Wildman–Crippen MR) is 46.2 cm³/mol. The molecule has 0 aliphatic carbocycles. The standard InChI is InChI=1S/C8H5NO6/c10-8(11)4-1-6-7(15-3-14-6)2-5(4)9(12)13/h1-2H,3H2,(H,10,11). The van der Waals surface area contributed by atoms with Crippen molar-refractivity contribution in [1.29, 1.82) is 0 Å². The Morgan fingerprint density at radius 2 is 2.00 bits per heavy atom. The number of hydrogen-bond acceptors (Lipinski definition) is 5. The maximum absolute atomic E-state index is 10.7. The van der Waals surface area contributed by atoms with E-state index in [1.165, 1.54) is 0 Å². The molecule has 15 heavy (non-hydrogen) atoms. The van der Waals surface area contributed by atoms with Crippen molar-refractivity contribution in [3.05, 3.63) is 27.8 Å². The van der Waals surface area contributed by atoms with E-state index in [2.05, 4.69) is 0 Å². The number of carboxylic acid groups (broad SMARTS) is 1. The number of benzene rings is 1. The summed E-state index contributed by atoms with van der Waals surface area (Å²) >= 11 is 0. The molecule has 2 rings (SSSR count). The smallest absolute Gasteiger partial charge is 0.342 e. The first-order chi connectivity index (χ1) is 7.09. The summed E-state index contributed by atoms with van der Waals surface area (Å²) in [7, 11) is 0. The molecule has 0 amide bonds. The summed E-state index contributed by atoms with van der Waals surface area (Å²) in [6.07, 6.45) is 0. The van der Waals surface area contributed by atoms with Crippen LogP contribution in [0.2, 0.25) is 0 Å². The highest BCUT2D eigenvalue weighted by molar-refractivity contribution is 5.93. The molecule has 78 valence electrons. The maximum Gasteiger partial charge on any atom is 0.342 e. The van der Waals surface area contributed by atoms with Crippen molar-refractivity contribution in [2.75, 3.05) is 6.79 Å². The molecule has 0 aromatic heterocycles. The molecular weight excluding hydrogens is 206 g/mol. The number of nitro groups is 1. The van der Waals surface area contributed by atoms with Crippen molar-refractivity contribution < 1.29 is 24.3 Å². The fourth-order valence-corrected chi connectivity index (χ4v) is 1.25. The van der Waals surface area contributed by atoms with Gasteiger partial charge in [-0.2, -0.15) is 0 Å². The summed E-state index contributed by atoms with van der Waals surface area (Å²) in [4.78, 5) is 20.5. The number of nitrogens with zero attached hydrogens (tertiary/aromatic N) is 1. The van der Waals surface area contributed by atoms with Gasteiger partial charge in [0.25, 0.3) is 5.69 Å². The molecule has 0 unspecified atom stereocenters. The Morgan fingerprint density at radius 1 is 1.40 bits per heavy atom. The largest absolute Gasteiger partial charge is 0.477 e. The number of nitro benzene ring substituents is 1. The third-order valence-corrected chi connectivity index (χ3v) is 1.92. The van der Waals surface area contributed by atoms with E-state index < -0.39 is 22.1 Å². The molecule has 0 atom stereocenters. The van der Waals surface area contributed by atoms with E-state index in [0.29, 0.717) is 0 Å². The maximum atomic E-state index is 10.7. The Morgan fingerprint density at radius 3 is 2.53 bits per heavy atom. The molecule has 1 aliphatic rings. The van der Waals surface area contributed by atoms with Crippen LogP contribution in [0.25, 0.3) is 0 Å². The van der Waals surface area contributed by atoms with Crippen LogP contribution < -0.4 is 9.47 Å². The SMILES string of the molecule is O=C(O)c1cc2c(cc1[N+](=O)[O-])OCO2. The fraction of sp³-hybridized carbons (Fsp3) is 0.125. The first-order valence-corrected chi connectivity index (χ1v) is 3.91. The zero-order chi connectivity index (χ0) is 11.0. The van der Waals surface area contributed by atoms with E-state index in [1.807, 2.05) is 0 Å². The molecule has 1 heterocycles. The van der Waals surface area contributed by atoms with Crippen molar-refractivity contribution >= 4 is 11.7 Å². The summed E-state index contributed by atoms with van der Waals surface area (Å²) in [5, 5.41) is 19.3. The third-order valence-electron chi connectivity index (χ3n) is 1.92. The van der Waals surface area contributed by atoms with Crippen molar-refractivity contribution in [3.63, 3.8) is 0 Å². The molecule has 1 N–H and O–H groups in total. The molecule has 7 nitrogen and oxygen atoms in total. The van der Waals surface area contributed by atoms with E-state index in [4.69, 9.17) is 14.6 Å². The zero-order valence-corrected chi connectivity index (χ0v) is 7.30. The van der Waals surface area contributed by atoms with Crippen LogP contribution in [0.15, 0.2) is 12.1 Å². The lowest BCUT2D eigenvalue weighted by atomic mass is 10.1. The zero-order valence-electron chi connectivity index (χ0n) is 7.30. The molecule has 7 heteroatoms. The van der Waals surface area contributed by atoms with Gasteiger partial charge in [-0.15, -0.1) is 0 Å². The summed E-state index contributed by atoms with van der Waals surface area (Å²) in [5.41, 5.74) is -0.920. The number of carbonyl (C=O) groups is 1. The second-order valence-corrected chi connectivity index (χ2v) is 2.78. The number of carboxylic acids is 1. The molecule has 0 bridgehead atoms. The monoisotopic (exact) mass is 211 g/mol. The van der Waals surface area contributed by atoms with Crippen LogP contribution in [0.5, 0.6) is 11.5 Å². The molecule has 0 saturated carbocycles. The summed E-state index contributed by atoms with van der Waals surface area (Å²) in [6.45, 7) is -0.0600. The van der Waals surface area contributed by atoms with Gasteiger partial charge in [-0.05, 0) is 0 Å². The van der Waals surface area contributed by atoms with Crippen molar-refractivity contribution in [1.82, 2.24) is 0 Å². The Bertz CT molecular complexity index is 414. The highest BCUT2D eigenvalue weighted by atomic mass is 16.7. The minimum Gasteiger partial charge on any atom is -0.477 e. The molecule has 0 spiro atoms. The van der Waals surface area contributed by atoms with Crippen LogP contribution in [-0.4, -0.2) is 22.8 Å². The summed E-state index contributed by atoms with van der Waals surface area (Å²) < 4.78 is 9.82. The van der Waals surface area contributed by atoms with E-state index in [-0.39, 0.29) is 18.3 Å². The second-order valence-electron chi connectivity index (χ2n) is 2.78. The molecule has 0 radical (unpaired) electrons. The van der Waals surface area contributed by atoms with Gasteiger partial charge in [0.2, 0.25) is 6.79 Å². The predicted octanol–water partition coefficient (Wildman–Crippen LogP) is 1.02. The van der Waals surface area contributed by atoms with Gasteiger partial charge in [0, 0.05) is 6.07 Å². The fourth-order valence-electron chi connectivity index (χ4n) is 1.25. The van der Waals surface area contributed by atoms with Gasteiger partial charge in [-0.25, -0.2) is 4.79 Å². The highest BCUT2D eigenvalue weighted by Crippen LogP contribution is 2.37. The van der Waals surface area contributed by atoms with E-state index in [1.54, 1.807) is 0 Å². The Kier molecular flexibility index (Phi) is 1.93. The van der Waals surface area contributed by atoms with Gasteiger partial charge in [0.05, 0.1) is 11.0 Å². The lowest BCUT2D eigenvalue weighted by Crippen LogP contribution is -2.02. The molecule has 1 aromatic carbocycles. The van der Waals surface area contributed by atoms with Gasteiger partial charge in [-0.1, -0.05) is 0 Å². The van der Waals surface area contributed by atoms with Crippen LogP contribution >= 0.6 is 0 Å². The van der Waals surface area contributed by atoms with Crippen LogP contribution in [0, 0.1) is 10.1 Å². The summed E-state index contributed by atoms with van der Waals surface area (Å²) in [5.74, 6) is -0.982. The first kappa shape index (κ1) is 9.25. The molecule has 1 aromatic rings.